The summed E-state index contributed by atoms with van der Waals surface area (Å²) < 4.78 is 10.5. The van der Waals surface area contributed by atoms with Gasteiger partial charge < -0.3 is 19.5 Å². The quantitative estimate of drug-likeness (QED) is 0.731. The van der Waals surface area contributed by atoms with Crippen LogP contribution in [-0.4, -0.2) is 56.2 Å². The Morgan fingerprint density at radius 1 is 1.11 bits per heavy atom. The Kier molecular flexibility index (Phi) is 5.48. The molecule has 0 saturated heterocycles. The molecule has 1 N–H and O–H groups in total. The van der Waals surface area contributed by atoms with Crippen molar-refractivity contribution in [2.45, 2.75) is 0 Å². The van der Waals surface area contributed by atoms with Crippen molar-refractivity contribution in [2.75, 3.05) is 39.3 Å². The first-order valence-electron chi connectivity index (χ1n) is 8.24. The molecule has 0 saturated carbocycles. The summed E-state index contributed by atoms with van der Waals surface area (Å²) in [4.78, 5) is 29.8. The maximum Gasteiger partial charge on any atom is 0.282 e. The lowest BCUT2D eigenvalue weighted by Crippen LogP contribution is -2.34. The first-order chi connectivity index (χ1) is 13.0. The third-order valence-electron chi connectivity index (χ3n) is 4.27. The average molecular weight is 388 g/mol. The lowest BCUT2D eigenvalue weighted by Gasteiger charge is -2.21. The molecule has 2 amide bonds. The summed E-state index contributed by atoms with van der Waals surface area (Å²) in [5.41, 5.74) is 0.996. The molecule has 3 rings (SSSR count). The topological polar surface area (TPSA) is 79.3 Å². The number of aliphatic hydroxyl groups excluding tert-OH is 1. The van der Waals surface area contributed by atoms with Gasteiger partial charge in [-0.1, -0.05) is 6.07 Å². The van der Waals surface area contributed by atoms with E-state index in [2.05, 4.69) is 0 Å². The van der Waals surface area contributed by atoms with E-state index in [1.54, 1.807) is 36.2 Å². The zero-order chi connectivity index (χ0) is 19.6. The van der Waals surface area contributed by atoms with E-state index in [9.17, 15) is 14.7 Å². The molecular formula is C19H20N2O5S. The highest BCUT2D eigenvalue weighted by atomic mass is 32.1. The number of rotatable bonds is 7. The maximum absolute atomic E-state index is 13.2. The number of nitrogens with zero attached hydrogens (tertiary/aromatic N) is 2. The van der Waals surface area contributed by atoms with Gasteiger partial charge in [0.05, 0.1) is 32.1 Å². The first-order valence-corrected chi connectivity index (χ1v) is 9.12. The second-order valence-corrected chi connectivity index (χ2v) is 6.78. The maximum atomic E-state index is 13.2. The van der Waals surface area contributed by atoms with E-state index in [-0.39, 0.29) is 18.8 Å². The number of likely N-dealkylation sites (N-methyl/N-ethyl adjacent to an activating group) is 1. The highest BCUT2D eigenvalue weighted by Gasteiger charge is 2.42. The van der Waals surface area contributed by atoms with E-state index in [4.69, 9.17) is 9.47 Å². The van der Waals surface area contributed by atoms with Crippen molar-refractivity contribution in [1.29, 1.82) is 0 Å². The lowest BCUT2D eigenvalue weighted by molar-refractivity contribution is -0.120. The average Bonchev–Trinajstić information content (AvgIpc) is 3.27. The minimum absolute atomic E-state index is 0.129. The SMILES string of the molecule is COc1ccc(N2C(=O)C(c3cccs3)=C(N(C)CCO)C2=O)cc1OC. The molecule has 1 aliphatic heterocycles. The van der Waals surface area contributed by atoms with Crippen LogP contribution in [0.5, 0.6) is 11.5 Å². The Labute approximate surface area is 161 Å². The third-order valence-corrected chi connectivity index (χ3v) is 5.16. The van der Waals surface area contributed by atoms with Crippen molar-refractivity contribution in [3.63, 3.8) is 0 Å². The Morgan fingerprint density at radius 3 is 2.44 bits per heavy atom. The van der Waals surface area contributed by atoms with Gasteiger partial charge in [-0.2, -0.15) is 0 Å². The van der Waals surface area contributed by atoms with E-state index < -0.39 is 11.8 Å². The molecule has 0 radical (unpaired) electrons. The Morgan fingerprint density at radius 2 is 1.85 bits per heavy atom. The Balaban J connectivity index is 2.08. The van der Waals surface area contributed by atoms with Crippen LogP contribution in [0.2, 0.25) is 0 Å². The number of hydrogen-bond acceptors (Lipinski definition) is 7. The zero-order valence-corrected chi connectivity index (χ0v) is 16.1. The summed E-state index contributed by atoms with van der Waals surface area (Å²) in [5.74, 6) is 0.0795. The van der Waals surface area contributed by atoms with Gasteiger partial charge in [0.15, 0.2) is 11.5 Å². The van der Waals surface area contributed by atoms with Gasteiger partial charge in [-0.25, -0.2) is 4.90 Å². The Bertz CT molecular complexity index is 892. The van der Waals surface area contributed by atoms with Crippen molar-refractivity contribution in [1.82, 2.24) is 4.90 Å². The van der Waals surface area contributed by atoms with Crippen molar-refractivity contribution < 1.29 is 24.2 Å². The minimum Gasteiger partial charge on any atom is -0.493 e. The fraction of sp³-hybridized carbons (Fsp3) is 0.263. The van der Waals surface area contributed by atoms with Gasteiger partial charge in [-0.15, -0.1) is 11.3 Å². The minimum atomic E-state index is -0.438. The van der Waals surface area contributed by atoms with E-state index in [1.165, 1.54) is 25.6 Å². The molecule has 27 heavy (non-hydrogen) atoms. The summed E-state index contributed by atoms with van der Waals surface area (Å²) in [6.07, 6.45) is 0. The highest BCUT2D eigenvalue weighted by molar-refractivity contribution is 7.11. The molecule has 1 aliphatic rings. The van der Waals surface area contributed by atoms with Gasteiger partial charge in [0.1, 0.15) is 5.70 Å². The van der Waals surface area contributed by atoms with Crippen LogP contribution in [0.1, 0.15) is 4.88 Å². The predicted octanol–water partition coefficient (Wildman–Crippen LogP) is 1.97. The number of carbonyl (C=O) groups is 2. The van der Waals surface area contributed by atoms with Crippen LogP contribution in [0.15, 0.2) is 41.4 Å². The van der Waals surface area contributed by atoms with Crippen LogP contribution in [0.4, 0.5) is 5.69 Å². The van der Waals surface area contributed by atoms with E-state index in [1.807, 2.05) is 11.4 Å². The largest absolute Gasteiger partial charge is 0.493 e. The highest BCUT2D eigenvalue weighted by Crippen LogP contribution is 2.38. The van der Waals surface area contributed by atoms with Gasteiger partial charge in [0.25, 0.3) is 11.8 Å². The number of carbonyl (C=O) groups excluding carboxylic acids is 2. The van der Waals surface area contributed by atoms with Crippen LogP contribution in [0.3, 0.4) is 0 Å². The molecular weight excluding hydrogens is 368 g/mol. The molecule has 1 aromatic carbocycles. The van der Waals surface area contributed by atoms with Crippen LogP contribution in [0, 0.1) is 0 Å². The standard InChI is InChI=1S/C19H20N2O5S/c1-20(8-9-22)17-16(15-5-4-10-27-15)18(23)21(19(17)24)12-6-7-13(25-2)14(11-12)26-3/h4-7,10-11,22H,8-9H2,1-3H3. The number of thiophene rings is 1. The van der Waals surface area contributed by atoms with Gasteiger partial charge in [-0.3, -0.25) is 9.59 Å². The number of benzene rings is 1. The fourth-order valence-electron chi connectivity index (χ4n) is 2.98. The number of hydrogen-bond donors (Lipinski definition) is 1. The Hall–Kier alpha value is -2.84. The number of imide groups is 1. The second-order valence-electron chi connectivity index (χ2n) is 5.83. The molecule has 0 unspecified atom stereocenters. The first kappa shape index (κ1) is 18.9. The summed E-state index contributed by atoms with van der Waals surface area (Å²) in [6.45, 7) is 0.110. The summed E-state index contributed by atoms with van der Waals surface area (Å²) >= 11 is 1.38. The van der Waals surface area contributed by atoms with E-state index >= 15 is 0 Å². The number of amides is 2. The monoisotopic (exact) mass is 388 g/mol. The van der Waals surface area contributed by atoms with Gasteiger partial charge in [0, 0.05) is 24.5 Å². The molecule has 142 valence electrons. The smallest absolute Gasteiger partial charge is 0.282 e. The van der Waals surface area contributed by atoms with Crippen molar-refractivity contribution >= 4 is 34.4 Å². The number of anilines is 1. The van der Waals surface area contributed by atoms with E-state index in [0.29, 0.717) is 27.6 Å². The molecule has 7 nitrogen and oxygen atoms in total. The summed E-state index contributed by atoms with van der Waals surface area (Å²) in [7, 11) is 4.69. The summed E-state index contributed by atoms with van der Waals surface area (Å²) in [6, 6.07) is 8.51. The van der Waals surface area contributed by atoms with Gasteiger partial charge in [-0.05, 0) is 23.6 Å². The molecule has 2 aromatic rings. The second kappa shape index (κ2) is 7.81. The molecule has 0 bridgehead atoms. The molecule has 0 spiro atoms. The normalized spacial score (nSPS) is 14.1. The zero-order valence-electron chi connectivity index (χ0n) is 15.3. The van der Waals surface area contributed by atoms with E-state index in [0.717, 1.165) is 4.90 Å². The predicted molar refractivity (Wildman–Crippen MR) is 103 cm³/mol. The lowest BCUT2D eigenvalue weighted by atomic mass is 10.2. The fourth-order valence-corrected chi connectivity index (χ4v) is 3.74. The van der Waals surface area contributed by atoms with Crippen LogP contribution in [-0.2, 0) is 9.59 Å². The molecule has 0 fully saturated rings. The third kappa shape index (κ3) is 3.29. The van der Waals surface area contributed by atoms with Gasteiger partial charge in [0.2, 0.25) is 0 Å². The summed E-state index contributed by atoms with van der Waals surface area (Å²) in [5, 5.41) is 11.1. The van der Waals surface area contributed by atoms with Crippen molar-refractivity contribution in [3.05, 3.63) is 46.3 Å². The molecule has 0 atom stereocenters. The van der Waals surface area contributed by atoms with Crippen LogP contribution < -0.4 is 14.4 Å². The van der Waals surface area contributed by atoms with Crippen LogP contribution >= 0.6 is 11.3 Å². The van der Waals surface area contributed by atoms with Crippen LogP contribution in [0.25, 0.3) is 5.57 Å². The van der Waals surface area contributed by atoms with Gasteiger partial charge >= 0.3 is 0 Å². The number of methoxy groups -OCH3 is 2. The number of aliphatic hydroxyl groups is 1. The van der Waals surface area contributed by atoms with Crippen molar-refractivity contribution in [3.8, 4) is 11.5 Å². The van der Waals surface area contributed by atoms with Crippen molar-refractivity contribution in [2.24, 2.45) is 0 Å². The molecule has 2 heterocycles. The molecule has 8 heteroatoms. The molecule has 0 aliphatic carbocycles. The molecule has 1 aromatic heterocycles. The number of ether oxygens (including phenoxy) is 2.